The van der Waals surface area contributed by atoms with Crippen LogP contribution in [0.4, 0.5) is 30.9 Å². The number of amides is 1. The zero-order valence-electron chi connectivity index (χ0n) is 22.8. The molecule has 1 atom stereocenters. The summed E-state index contributed by atoms with van der Waals surface area (Å²) in [7, 11) is 0. The Morgan fingerprint density at radius 1 is 1.05 bits per heavy atom. The molecule has 2 fully saturated rings. The molecule has 1 aliphatic heterocycles. The van der Waals surface area contributed by atoms with Crippen molar-refractivity contribution < 1.29 is 18.3 Å². The average molecular weight is 579 g/mol. The molecule has 0 bridgehead atoms. The molecule has 0 radical (unpaired) electrons. The number of anilines is 3. The second-order valence-corrected chi connectivity index (χ2v) is 12.1. The van der Waals surface area contributed by atoms with E-state index in [2.05, 4.69) is 30.5 Å². The van der Waals surface area contributed by atoms with E-state index in [1.807, 2.05) is 32.9 Å². The molecule has 0 unspecified atom stereocenters. The fourth-order valence-electron chi connectivity index (χ4n) is 5.41. The summed E-state index contributed by atoms with van der Waals surface area (Å²) in [6.45, 7) is 6.80. The standard InChI is InChI=1S/C30H29ClF2N6O2/c1-29(2,3)41-28(40)37-24-15-39(16-30(24)8-9-30)27-20-10-17(4-6-23(20)34-13-21(27)31)19-11-26(36-14-22(19)33)38-25-7-5-18(32)12-35-25/h4-7,10-14,24H,8-9,15-16H2,1-3H3,(H,37,40)(H,35,36,38)/t24-/m1/s1. The SMILES string of the molecule is CC(C)(C)OC(=O)N[C@@H]1CN(c2c(Cl)cnc3ccc(-c4cc(Nc5ccc(F)cn5)ncc4F)cc23)CC12CC2. The molecule has 2 aliphatic rings. The van der Waals surface area contributed by atoms with Gasteiger partial charge in [-0.25, -0.2) is 23.5 Å². The highest BCUT2D eigenvalue weighted by Crippen LogP contribution is 2.54. The van der Waals surface area contributed by atoms with Gasteiger partial charge in [0.1, 0.15) is 28.9 Å². The van der Waals surface area contributed by atoms with Gasteiger partial charge in [-0.1, -0.05) is 17.7 Å². The number of nitrogens with zero attached hydrogens (tertiary/aromatic N) is 4. The number of carbonyl (C=O) groups excluding carboxylic acids is 1. The maximum atomic E-state index is 15.1. The van der Waals surface area contributed by atoms with Crippen molar-refractivity contribution in [3.8, 4) is 11.1 Å². The van der Waals surface area contributed by atoms with Crippen LogP contribution in [0.5, 0.6) is 0 Å². The van der Waals surface area contributed by atoms with Crippen molar-refractivity contribution in [2.24, 2.45) is 5.41 Å². The Hall–Kier alpha value is -4.05. The van der Waals surface area contributed by atoms with Gasteiger partial charge in [-0.2, -0.15) is 0 Å². The van der Waals surface area contributed by atoms with Crippen LogP contribution in [0.25, 0.3) is 22.0 Å². The summed E-state index contributed by atoms with van der Waals surface area (Å²) in [5.74, 6) is -0.222. The van der Waals surface area contributed by atoms with Crippen LogP contribution in [-0.4, -0.2) is 45.8 Å². The number of aromatic nitrogens is 3. The van der Waals surface area contributed by atoms with Crippen molar-refractivity contribution >= 4 is 45.9 Å². The summed E-state index contributed by atoms with van der Waals surface area (Å²) in [4.78, 5) is 27.4. The Balaban J connectivity index is 1.32. The van der Waals surface area contributed by atoms with Crippen molar-refractivity contribution in [3.63, 3.8) is 0 Å². The van der Waals surface area contributed by atoms with E-state index in [9.17, 15) is 9.18 Å². The van der Waals surface area contributed by atoms with E-state index in [1.54, 1.807) is 18.3 Å². The Kier molecular flexibility index (Phi) is 6.68. The normalized spacial score (nSPS) is 17.6. The van der Waals surface area contributed by atoms with Crippen LogP contribution in [0.3, 0.4) is 0 Å². The third-order valence-corrected chi connectivity index (χ3v) is 7.77. The van der Waals surface area contributed by atoms with Crippen molar-refractivity contribution in [1.82, 2.24) is 20.3 Å². The Bertz CT molecular complexity index is 1640. The monoisotopic (exact) mass is 578 g/mol. The van der Waals surface area contributed by atoms with Gasteiger partial charge in [0.2, 0.25) is 0 Å². The molecule has 6 rings (SSSR count). The van der Waals surface area contributed by atoms with Gasteiger partial charge in [0.15, 0.2) is 0 Å². The van der Waals surface area contributed by atoms with Gasteiger partial charge in [-0.05, 0) is 69.5 Å². The van der Waals surface area contributed by atoms with E-state index in [-0.39, 0.29) is 11.5 Å². The number of nitrogens with one attached hydrogen (secondary N) is 2. The summed E-state index contributed by atoms with van der Waals surface area (Å²) >= 11 is 6.75. The molecule has 1 aliphatic carbocycles. The topological polar surface area (TPSA) is 92.3 Å². The van der Waals surface area contributed by atoms with E-state index in [4.69, 9.17) is 16.3 Å². The first-order chi connectivity index (χ1) is 19.5. The number of hydrogen-bond donors (Lipinski definition) is 2. The maximum Gasteiger partial charge on any atom is 0.407 e. The molecule has 41 heavy (non-hydrogen) atoms. The van der Waals surface area contributed by atoms with Gasteiger partial charge in [0.05, 0.1) is 34.7 Å². The van der Waals surface area contributed by atoms with E-state index in [0.29, 0.717) is 39.8 Å². The zero-order valence-corrected chi connectivity index (χ0v) is 23.6. The number of carbonyl (C=O) groups is 1. The first kappa shape index (κ1) is 27.1. The van der Waals surface area contributed by atoms with Gasteiger partial charge in [-0.15, -0.1) is 0 Å². The largest absolute Gasteiger partial charge is 0.444 e. The van der Waals surface area contributed by atoms with Crippen molar-refractivity contribution in [2.45, 2.75) is 45.3 Å². The van der Waals surface area contributed by atoms with Crippen LogP contribution < -0.4 is 15.5 Å². The number of pyridine rings is 3. The van der Waals surface area contributed by atoms with E-state index in [1.165, 1.54) is 12.1 Å². The molecular weight excluding hydrogens is 550 g/mol. The van der Waals surface area contributed by atoms with Crippen LogP contribution in [0.15, 0.2) is 55.0 Å². The quantitative estimate of drug-likeness (QED) is 0.267. The van der Waals surface area contributed by atoms with Crippen LogP contribution in [0.2, 0.25) is 5.02 Å². The number of alkyl carbamates (subject to hydrolysis) is 1. The Labute approximate surface area is 241 Å². The lowest BCUT2D eigenvalue weighted by Gasteiger charge is -2.24. The Morgan fingerprint density at radius 3 is 2.54 bits per heavy atom. The van der Waals surface area contributed by atoms with E-state index < -0.39 is 23.3 Å². The minimum Gasteiger partial charge on any atom is -0.444 e. The molecule has 1 amide bonds. The molecule has 1 aromatic carbocycles. The van der Waals surface area contributed by atoms with E-state index in [0.717, 1.165) is 42.9 Å². The number of benzene rings is 1. The van der Waals surface area contributed by atoms with Crippen LogP contribution in [-0.2, 0) is 4.74 Å². The fraction of sp³-hybridized carbons (Fsp3) is 0.333. The van der Waals surface area contributed by atoms with Crippen molar-refractivity contribution in [3.05, 3.63) is 71.6 Å². The van der Waals surface area contributed by atoms with Crippen LogP contribution in [0, 0.1) is 17.0 Å². The molecule has 8 nitrogen and oxygen atoms in total. The van der Waals surface area contributed by atoms with Gasteiger partial charge >= 0.3 is 6.09 Å². The van der Waals surface area contributed by atoms with E-state index >= 15 is 4.39 Å². The predicted octanol–water partition coefficient (Wildman–Crippen LogP) is 6.86. The summed E-state index contributed by atoms with van der Waals surface area (Å²) in [5.41, 5.74) is 1.81. The molecule has 1 saturated carbocycles. The van der Waals surface area contributed by atoms with Gasteiger partial charge < -0.3 is 20.3 Å². The highest BCUT2D eigenvalue weighted by Gasteiger charge is 2.56. The molecule has 4 aromatic rings. The second kappa shape index (κ2) is 10.1. The summed E-state index contributed by atoms with van der Waals surface area (Å²) in [6.07, 6.45) is 5.40. The first-order valence-corrected chi connectivity index (χ1v) is 13.7. The lowest BCUT2D eigenvalue weighted by Crippen LogP contribution is -2.44. The van der Waals surface area contributed by atoms with Crippen molar-refractivity contribution in [2.75, 3.05) is 23.3 Å². The highest BCUT2D eigenvalue weighted by molar-refractivity contribution is 6.34. The molecule has 4 heterocycles. The number of halogens is 3. The number of hydrogen-bond acceptors (Lipinski definition) is 7. The summed E-state index contributed by atoms with van der Waals surface area (Å²) < 4.78 is 33.8. The molecule has 1 saturated heterocycles. The van der Waals surface area contributed by atoms with Gasteiger partial charge in [0, 0.05) is 35.7 Å². The smallest absolute Gasteiger partial charge is 0.407 e. The van der Waals surface area contributed by atoms with Crippen LogP contribution in [0.1, 0.15) is 33.6 Å². The third-order valence-electron chi connectivity index (χ3n) is 7.49. The number of fused-ring (bicyclic) bond motifs is 1. The minimum atomic E-state index is -0.590. The Morgan fingerprint density at radius 2 is 1.83 bits per heavy atom. The number of rotatable bonds is 5. The van der Waals surface area contributed by atoms with Crippen molar-refractivity contribution in [1.29, 1.82) is 0 Å². The molecule has 3 aromatic heterocycles. The molecule has 212 valence electrons. The molecule has 11 heteroatoms. The number of ether oxygens (including phenoxy) is 1. The van der Waals surface area contributed by atoms with Crippen LogP contribution >= 0.6 is 11.6 Å². The van der Waals surface area contributed by atoms with Gasteiger partial charge in [0.25, 0.3) is 0 Å². The minimum absolute atomic E-state index is 0.0421. The fourth-order valence-corrected chi connectivity index (χ4v) is 5.68. The molecule has 1 spiro atoms. The molecular formula is C30H29ClF2N6O2. The predicted molar refractivity (Wildman–Crippen MR) is 154 cm³/mol. The molecule has 2 N–H and O–H groups in total. The first-order valence-electron chi connectivity index (χ1n) is 13.4. The maximum absolute atomic E-state index is 15.1. The average Bonchev–Trinajstić information content (AvgIpc) is 3.61. The third kappa shape index (κ3) is 5.61. The second-order valence-electron chi connectivity index (χ2n) is 11.7. The zero-order chi connectivity index (χ0) is 28.9. The lowest BCUT2D eigenvalue weighted by atomic mass is 10.0. The van der Waals surface area contributed by atoms with Gasteiger partial charge in [-0.3, -0.25) is 4.98 Å². The summed E-state index contributed by atoms with van der Waals surface area (Å²) in [5, 5.41) is 7.31. The summed E-state index contributed by atoms with van der Waals surface area (Å²) in [6, 6.07) is 9.74. The highest BCUT2D eigenvalue weighted by atomic mass is 35.5. The lowest BCUT2D eigenvalue weighted by molar-refractivity contribution is 0.0493.